The number of benzene rings is 3. The van der Waals surface area contributed by atoms with E-state index in [2.05, 4.69) is 0 Å². The number of allylic oxidation sites excluding steroid dienone is 2. The largest absolute Gasteiger partial charge is 0.490 e. The van der Waals surface area contributed by atoms with Crippen molar-refractivity contribution < 1.29 is 28.5 Å². The second-order valence-electron chi connectivity index (χ2n) is 9.68. The zero-order valence-electron chi connectivity index (χ0n) is 23.2. The van der Waals surface area contributed by atoms with Gasteiger partial charge in [-0.1, -0.05) is 60.7 Å². The third-order valence-corrected chi connectivity index (χ3v) is 6.49. The molecule has 3 aromatic carbocycles. The van der Waals surface area contributed by atoms with Crippen LogP contribution < -0.4 is 14.2 Å². The minimum Gasteiger partial charge on any atom is -0.490 e. The molecule has 0 aliphatic heterocycles. The topological polar surface area (TPSA) is 98.1 Å². The summed E-state index contributed by atoms with van der Waals surface area (Å²) >= 11 is 0. The molecule has 0 bridgehead atoms. The number of hydrogen-bond donors (Lipinski definition) is 1. The van der Waals surface area contributed by atoms with Crippen LogP contribution in [-0.4, -0.2) is 42.2 Å². The van der Waals surface area contributed by atoms with E-state index in [9.17, 15) is 9.59 Å². The minimum absolute atomic E-state index is 0.0156. The van der Waals surface area contributed by atoms with Crippen LogP contribution >= 0.6 is 0 Å². The lowest BCUT2D eigenvalue weighted by atomic mass is 9.93. The van der Waals surface area contributed by atoms with Crippen LogP contribution in [0.2, 0.25) is 0 Å². The van der Waals surface area contributed by atoms with E-state index in [4.69, 9.17) is 24.4 Å². The molecule has 1 N–H and O–H groups in total. The SMILES string of the molecule is COc1c(OCc2ccccc2)cc(CN(C=O)CCC2(OC(C)=N)C=CC(=O)C=C2)cc1OCc1ccccc1. The van der Waals surface area contributed by atoms with Crippen molar-refractivity contribution in [1.82, 2.24) is 4.90 Å². The van der Waals surface area contributed by atoms with Gasteiger partial charge < -0.3 is 23.8 Å². The highest BCUT2D eigenvalue weighted by molar-refractivity contribution is 6.00. The maximum absolute atomic E-state index is 12.1. The molecule has 41 heavy (non-hydrogen) atoms. The highest BCUT2D eigenvalue weighted by Gasteiger charge is 2.30. The Kier molecular flexibility index (Phi) is 9.94. The fourth-order valence-electron chi connectivity index (χ4n) is 4.46. The van der Waals surface area contributed by atoms with Gasteiger partial charge in [-0.05, 0) is 53.1 Å². The molecule has 8 nitrogen and oxygen atoms in total. The van der Waals surface area contributed by atoms with Gasteiger partial charge in [0, 0.05) is 26.4 Å². The van der Waals surface area contributed by atoms with Crippen LogP contribution in [0.1, 0.15) is 30.0 Å². The van der Waals surface area contributed by atoms with Crippen molar-refractivity contribution in [3.05, 3.63) is 114 Å². The molecule has 3 aromatic rings. The molecule has 0 saturated carbocycles. The summed E-state index contributed by atoms with van der Waals surface area (Å²) in [6.45, 7) is 2.77. The third kappa shape index (κ3) is 8.32. The van der Waals surface area contributed by atoms with E-state index < -0.39 is 5.60 Å². The monoisotopic (exact) mass is 554 g/mol. The van der Waals surface area contributed by atoms with Crippen molar-refractivity contribution in [2.24, 2.45) is 0 Å². The first-order chi connectivity index (χ1) is 19.9. The van der Waals surface area contributed by atoms with Gasteiger partial charge in [0.25, 0.3) is 0 Å². The molecule has 4 rings (SSSR count). The summed E-state index contributed by atoms with van der Waals surface area (Å²) in [5.74, 6) is 1.33. The summed E-state index contributed by atoms with van der Waals surface area (Å²) in [6.07, 6.45) is 7.23. The Labute approximate surface area is 240 Å². The molecule has 0 fully saturated rings. The molecular weight excluding hydrogens is 520 g/mol. The van der Waals surface area contributed by atoms with E-state index in [1.807, 2.05) is 72.8 Å². The first kappa shape index (κ1) is 29.1. The molecule has 0 spiro atoms. The molecule has 1 amide bonds. The van der Waals surface area contributed by atoms with Gasteiger partial charge in [-0.15, -0.1) is 0 Å². The maximum Gasteiger partial charge on any atom is 0.210 e. The number of ether oxygens (including phenoxy) is 4. The second-order valence-corrected chi connectivity index (χ2v) is 9.68. The van der Waals surface area contributed by atoms with Gasteiger partial charge in [-0.3, -0.25) is 15.0 Å². The van der Waals surface area contributed by atoms with Crippen molar-refractivity contribution in [3.63, 3.8) is 0 Å². The van der Waals surface area contributed by atoms with E-state index >= 15 is 0 Å². The van der Waals surface area contributed by atoms with Crippen molar-refractivity contribution in [2.45, 2.75) is 38.7 Å². The molecule has 0 radical (unpaired) electrons. The Bertz CT molecular complexity index is 1320. The van der Waals surface area contributed by atoms with Gasteiger partial charge in [0.15, 0.2) is 23.2 Å². The molecule has 0 aromatic heterocycles. The van der Waals surface area contributed by atoms with E-state index in [0.29, 0.717) is 43.4 Å². The molecule has 1 aliphatic carbocycles. The zero-order valence-corrected chi connectivity index (χ0v) is 23.2. The first-order valence-corrected chi connectivity index (χ1v) is 13.3. The number of nitrogens with zero attached hydrogens (tertiary/aromatic N) is 1. The molecule has 0 unspecified atom stereocenters. The van der Waals surface area contributed by atoms with Crippen molar-refractivity contribution in [3.8, 4) is 17.2 Å². The van der Waals surface area contributed by atoms with Crippen molar-refractivity contribution in [1.29, 1.82) is 5.41 Å². The molecule has 8 heteroatoms. The summed E-state index contributed by atoms with van der Waals surface area (Å²) in [6, 6.07) is 23.3. The number of carbonyl (C=O) groups excluding carboxylic acids is 2. The van der Waals surface area contributed by atoms with Gasteiger partial charge in [-0.2, -0.15) is 0 Å². The predicted molar refractivity (Wildman–Crippen MR) is 156 cm³/mol. The molecule has 1 aliphatic rings. The van der Waals surface area contributed by atoms with Crippen LogP contribution in [0.15, 0.2) is 97.1 Å². The maximum atomic E-state index is 12.1. The number of carbonyl (C=O) groups is 2. The number of ketones is 1. The smallest absolute Gasteiger partial charge is 0.210 e. The normalized spacial score (nSPS) is 13.4. The van der Waals surface area contributed by atoms with Crippen LogP contribution in [0.3, 0.4) is 0 Å². The average Bonchev–Trinajstić information content (AvgIpc) is 2.99. The highest BCUT2D eigenvalue weighted by Crippen LogP contribution is 2.40. The van der Waals surface area contributed by atoms with Crippen LogP contribution in [-0.2, 0) is 34.1 Å². The molecule has 0 saturated heterocycles. The lowest BCUT2D eigenvalue weighted by Gasteiger charge is -2.31. The number of amides is 1. The summed E-state index contributed by atoms with van der Waals surface area (Å²) in [5.41, 5.74) is 1.81. The highest BCUT2D eigenvalue weighted by atomic mass is 16.5. The lowest BCUT2D eigenvalue weighted by molar-refractivity contribution is -0.119. The summed E-state index contributed by atoms with van der Waals surface area (Å²) in [4.78, 5) is 25.4. The Morgan fingerprint density at radius 1 is 0.878 bits per heavy atom. The fourth-order valence-corrected chi connectivity index (χ4v) is 4.46. The van der Waals surface area contributed by atoms with Crippen LogP contribution in [0.4, 0.5) is 0 Å². The zero-order chi connectivity index (χ0) is 29.1. The van der Waals surface area contributed by atoms with Crippen LogP contribution in [0.5, 0.6) is 17.2 Å². The summed E-state index contributed by atoms with van der Waals surface area (Å²) < 4.78 is 23.8. The number of methoxy groups -OCH3 is 1. The molecule has 212 valence electrons. The van der Waals surface area contributed by atoms with Crippen LogP contribution in [0.25, 0.3) is 0 Å². The third-order valence-electron chi connectivity index (χ3n) is 6.49. The van der Waals surface area contributed by atoms with Gasteiger partial charge in [0.05, 0.1) is 7.11 Å². The Morgan fingerprint density at radius 2 is 1.41 bits per heavy atom. The van der Waals surface area contributed by atoms with Gasteiger partial charge >= 0.3 is 0 Å². The van der Waals surface area contributed by atoms with Gasteiger partial charge in [-0.25, -0.2) is 0 Å². The summed E-state index contributed by atoms with van der Waals surface area (Å²) in [7, 11) is 1.57. The van der Waals surface area contributed by atoms with Gasteiger partial charge in [0.1, 0.15) is 18.8 Å². The first-order valence-electron chi connectivity index (χ1n) is 13.3. The van der Waals surface area contributed by atoms with E-state index in [0.717, 1.165) is 23.1 Å². The standard InChI is InChI=1S/C33H34N2O6/c1-25(34)41-33(15-13-29(37)14-16-33)17-18-35(24-36)21-28-19-30(39-22-26-9-5-3-6-10-26)32(38-2)31(20-28)40-23-27-11-7-4-8-12-27/h3-16,19-20,24,34H,17-18,21-23H2,1-2H3. The van der Waals surface area contributed by atoms with Crippen molar-refractivity contribution in [2.75, 3.05) is 13.7 Å². The van der Waals surface area contributed by atoms with Gasteiger partial charge in [0.2, 0.25) is 12.2 Å². The van der Waals surface area contributed by atoms with E-state index in [-0.39, 0.29) is 18.2 Å². The van der Waals surface area contributed by atoms with E-state index in [1.165, 1.54) is 19.1 Å². The Morgan fingerprint density at radius 3 is 1.88 bits per heavy atom. The minimum atomic E-state index is -0.977. The number of nitrogens with one attached hydrogen (secondary N) is 1. The van der Waals surface area contributed by atoms with Crippen LogP contribution in [0, 0.1) is 5.41 Å². The molecule has 0 heterocycles. The van der Waals surface area contributed by atoms with Crippen molar-refractivity contribution >= 4 is 18.1 Å². The number of rotatable bonds is 14. The number of hydrogen-bond acceptors (Lipinski definition) is 7. The quantitative estimate of drug-likeness (QED) is 0.157. The fraction of sp³-hybridized carbons (Fsp3) is 0.242. The average molecular weight is 555 g/mol. The van der Waals surface area contributed by atoms with E-state index in [1.54, 1.807) is 24.2 Å². The lowest BCUT2D eigenvalue weighted by Crippen LogP contribution is -2.36. The summed E-state index contributed by atoms with van der Waals surface area (Å²) in [5, 5.41) is 7.81. The molecule has 0 atom stereocenters. The molecular formula is C33H34N2O6. The predicted octanol–water partition coefficient (Wildman–Crippen LogP) is 5.65. The Balaban J connectivity index is 1.56. The second kappa shape index (κ2) is 14.0. The Hall–Kier alpha value is -4.85.